The number of hydrogen-bond acceptors (Lipinski definition) is 3. The molecular formula is C17H19NO3. The highest BCUT2D eigenvalue weighted by molar-refractivity contribution is 5.66. The molecule has 4 nitrogen and oxygen atoms in total. The van der Waals surface area contributed by atoms with Gasteiger partial charge in [-0.2, -0.15) is 0 Å². The van der Waals surface area contributed by atoms with Crippen LogP contribution >= 0.6 is 0 Å². The second kappa shape index (κ2) is 8.04. The standard InChI is InChI=1S/C17H19NO3/c19-17(20)12-5-2-6-13-21-16-11-7-10-15(18-16)14-8-3-1-4-9-14/h1,3-4,7-11H,2,5-6,12-13H2,(H,19,20). The molecule has 2 rings (SSSR count). The van der Waals surface area contributed by atoms with Crippen LogP contribution in [-0.4, -0.2) is 22.7 Å². The Morgan fingerprint density at radius 1 is 1.00 bits per heavy atom. The molecule has 1 aromatic carbocycles. The predicted molar refractivity (Wildman–Crippen MR) is 81.3 cm³/mol. The van der Waals surface area contributed by atoms with Gasteiger partial charge in [-0.25, -0.2) is 4.98 Å². The molecule has 4 heteroatoms. The lowest BCUT2D eigenvalue weighted by Gasteiger charge is -2.07. The Morgan fingerprint density at radius 2 is 1.81 bits per heavy atom. The van der Waals surface area contributed by atoms with E-state index >= 15 is 0 Å². The molecular weight excluding hydrogens is 266 g/mol. The molecule has 0 aliphatic heterocycles. The molecule has 1 aromatic heterocycles. The Kier molecular flexibility index (Phi) is 5.76. The molecule has 0 saturated carbocycles. The summed E-state index contributed by atoms with van der Waals surface area (Å²) in [6.07, 6.45) is 2.60. The third-order valence-corrected chi connectivity index (χ3v) is 3.08. The van der Waals surface area contributed by atoms with E-state index in [-0.39, 0.29) is 6.42 Å². The van der Waals surface area contributed by atoms with Crippen molar-refractivity contribution in [1.29, 1.82) is 0 Å². The summed E-state index contributed by atoms with van der Waals surface area (Å²) in [6.45, 7) is 0.560. The van der Waals surface area contributed by atoms with Gasteiger partial charge >= 0.3 is 5.97 Å². The summed E-state index contributed by atoms with van der Waals surface area (Å²) in [5.74, 6) is -0.136. The van der Waals surface area contributed by atoms with Gasteiger partial charge in [-0.3, -0.25) is 4.79 Å². The Balaban J connectivity index is 1.81. The van der Waals surface area contributed by atoms with Crippen LogP contribution in [0.2, 0.25) is 0 Å². The molecule has 0 atom stereocenters. The molecule has 0 aliphatic carbocycles. The largest absolute Gasteiger partial charge is 0.481 e. The van der Waals surface area contributed by atoms with Gasteiger partial charge in [-0.15, -0.1) is 0 Å². The zero-order chi connectivity index (χ0) is 14.9. The van der Waals surface area contributed by atoms with Crippen molar-refractivity contribution in [3.05, 3.63) is 48.5 Å². The number of rotatable bonds is 8. The van der Waals surface area contributed by atoms with E-state index in [4.69, 9.17) is 9.84 Å². The van der Waals surface area contributed by atoms with Gasteiger partial charge in [0.25, 0.3) is 0 Å². The zero-order valence-corrected chi connectivity index (χ0v) is 11.9. The second-order valence-electron chi connectivity index (χ2n) is 4.78. The Hall–Kier alpha value is -2.36. The average Bonchev–Trinajstić information content (AvgIpc) is 2.52. The van der Waals surface area contributed by atoms with Gasteiger partial charge in [0.1, 0.15) is 0 Å². The fourth-order valence-corrected chi connectivity index (χ4v) is 2.00. The van der Waals surface area contributed by atoms with Gasteiger partial charge in [-0.1, -0.05) is 36.4 Å². The molecule has 2 aromatic rings. The minimum Gasteiger partial charge on any atom is -0.481 e. The van der Waals surface area contributed by atoms with E-state index < -0.39 is 5.97 Å². The molecule has 0 amide bonds. The maximum absolute atomic E-state index is 10.4. The number of carboxylic acid groups (broad SMARTS) is 1. The lowest BCUT2D eigenvalue weighted by Crippen LogP contribution is -2.00. The Bertz CT molecular complexity index is 569. The fourth-order valence-electron chi connectivity index (χ4n) is 2.00. The van der Waals surface area contributed by atoms with Crippen LogP contribution in [0.3, 0.4) is 0 Å². The summed E-state index contributed by atoms with van der Waals surface area (Å²) in [7, 11) is 0. The minimum absolute atomic E-state index is 0.224. The molecule has 0 saturated heterocycles. The number of pyridine rings is 1. The van der Waals surface area contributed by atoms with Crippen molar-refractivity contribution in [2.45, 2.75) is 25.7 Å². The van der Waals surface area contributed by atoms with Gasteiger partial charge < -0.3 is 9.84 Å². The van der Waals surface area contributed by atoms with E-state index in [1.807, 2.05) is 48.5 Å². The molecule has 0 fully saturated rings. The zero-order valence-electron chi connectivity index (χ0n) is 11.9. The number of benzene rings is 1. The maximum Gasteiger partial charge on any atom is 0.303 e. The van der Waals surface area contributed by atoms with Crippen molar-refractivity contribution in [1.82, 2.24) is 4.98 Å². The number of carboxylic acids is 1. The first-order valence-corrected chi connectivity index (χ1v) is 7.13. The fraction of sp³-hybridized carbons (Fsp3) is 0.294. The molecule has 0 spiro atoms. The van der Waals surface area contributed by atoms with Gasteiger partial charge in [0, 0.05) is 18.1 Å². The second-order valence-corrected chi connectivity index (χ2v) is 4.78. The third-order valence-electron chi connectivity index (χ3n) is 3.08. The summed E-state index contributed by atoms with van der Waals surface area (Å²) >= 11 is 0. The van der Waals surface area contributed by atoms with Crippen molar-refractivity contribution in [3.63, 3.8) is 0 Å². The first kappa shape index (κ1) is 15.0. The van der Waals surface area contributed by atoms with Crippen molar-refractivity contribution >= 4 is 5.97 Å². The molecule has 1 heterocycles. The van der Waals surface area contributed by atoms with Crippen LogP contribution in [0.5, 0.6) is 5.88 Å². The molecule has 0 radical (unpaired) electrons. The van der Waals surface area contributed by atoms with Crippen molar-refractivity contribution < 1.29 is 14.6 Å². The molecule has 1 N–H and O–H groups in total. The average molecular weight is 285 g/mol. The number of nitrogens with zero attached hydrogens (tertiary/aromatic N) is 1. The SMILES string of the molecule is O=C(O)CCCCCOc1cccc(-c2ccccc2)n1. The van der Waals surface area contributed by atoms with Gasteiger partial charge in [0.15, 0.2) is 0 Å². The van der Waals surface area contributed by atoms with Crippen molar-refractivity contribution in [3.8, 4) is 17.1 Å². The molecule has 0 aliphatic rings. The Labute approximate surface area is 124 Å². The van der Waals surface area contributed by atoms with Crippen LogP contribution < -0.4 is 4.74 Å². The highest BCUT2D eigenvalue weighted by Crippen LogP contribution is 2.19. The van der Waals surface area contributed by atoms with Gasteiger partial charge in [0.2, 0.25) is 5.88 Å². The first-order valence-electron chi connectivity index (χ1n) is 7.13. The number of carbonyl (C=O) groups is 1. The third kappa shape index (κ3) is 5.26. The highest BCUT2D eigenvalue weighted by atomic mass is 16.5. The highest BCUT2D eigenvalue weighted by Gasteiger charge is 2.01. The van der Waals surface area contributed by atoms with E-state index in [1.54, 1.807) is 0 Å². The predicted octanol–water partition coefficient (Wildman–Crippen LogP) is 3.77. The lowest BCUT2D eigenvalue weighted by molar-refractivity contribution is -0.137. The number of hydrogen-bond donors (Lipinski definition) is 1. The number of aliphatic carboxylic acids is 1. The van der Waals surface area contributed by atoms with Crippen LogP contribution in [0.4, 0.5) is 0 Å². The topological polar surface area (TPSA) is 59.4 Å². The van der Waals surface area contributed by atoms with Crippen LogP contribution in [0.1, 0.15) is 25.7 Å². The van der Waals surface area contributed by atoms with E-state index in [2.05, 4.69) is 4.98 Å². The van der Waals surface area contributed by atoms with E-state index in [1.165, 1.54) is 0 Å². The molecule has 0 unspecified atom stereocenters. The number of unbranched alkanes of at least 4 members (excludes halogenated alkanes) is 2. The summed E-state index contributed by atoms with van der Waals surface area (Å²) in [6, 6.07) is 15.7. The van der Waals surface area contributed by atoms with Gasteiger partial charge in [-0.05, 0) is 25.3 Å². The Morgan fingerprint density at radius 3 is 2.57 bits per heavy atom. The van der Waals surface area contributed by atoms with E-state index in [0.29, 0.717) is 18.9 Å². The van der Waals surface area contributed by atoms with Crippen LogP contribution in [0.15, 0.2) is 48.5 Å². The monoisotopic (exact) mass is 285 g/mol. The minimum atomic E-state index is -0.742. The van der Waals surface area contributed by atoms with Crippen LogP contribution in [0.25, 0.3) is 11.3 Å². The molecule has 0 bridgehead atoms. The van der Waals surface area contributed by atoms with Crippen LogP contribution in [-0.2, 0) is 4.79 Å². The smallest absolute Gasteiger partial charge is 0.303 e. The maximum atomic E-state index is 10.4. The van der Waals surface area contributed by atoms with Crippen LogP contribution in [0, 0.1) is 0 Å². The molecule has 110 valence electrons. The summed E-state index contributed by atoms with van der Waals surface area (Å²) < 4.78 is 5.62. The summed E-state index contributed by atoms with van der Waals surface area (Å²) in [4.78, 5) is 14.9. The van der Waals surface area contributed by atoms with E-state index in [9.17, 15) is 4.79 Å². The summed E-state index contributed by atoms with van der Waals surface area (Å²) in [5.41, 5.74) is 1.95. The van der Waals surface area contributed by atoms with Crippen molar-refractivity contribution in [2.24, 2.45) is 0 Å². The lowest BCUT2D eigenvalue weighted by atomic mass is 10.1. The summed E-state index contributed by atoms with van der Waals surface area (Å²) in [5, 5.41) is 8.55. The number of ether oxygens (including phenoxy) is 1. The van der Waals surface area contributed by atoms with E-state index in [0.717, 1.165) is 24.1 Å². The quantitative estimate of drug-likeness (QED) is 0.750. The van der Waals surface area contributed by atoms with Gasteiger partial charge in [0.05, 0.1) is 12.3 Å². The normalized spacial score (nSPS) is 10.3. The van der Waals surface area contributed by atoms with Crippen molar-refractivity contribution in [2.75, 3.05) is 6.61 Å². The molecule has 21 heavy (non-hydrogen) atoms. The first-order chi connectivity index (χ1) is 10.3. The number of aromatic nitrogens is 1.